The van der Waals surface area contributed by atoms with Crippen LogP contribution in [0.2, 0.25) is 40.9 Å². The fourth-order valence-corrected chi connectivity index (χ4v) is 18.9. The van der Waals surface area contributed by atoms with Crippen molar-refractivity contribution in [2.24, 2.45) is 0 Å². The lowest BCUT2D eigenvalue weighted by molar-refractivity contribution is -0.150. The van der Waals surface area contributed by atoms with E-state index in [0.29, 0.717) is 36.3 Å². The van der Waals surface area contributed by atoms with Gasteiger partial charge in [-0.1, -0.05) is 36.5 Å². The zero-order chi connectivity index (χ0) is 21.1. The van der Waals surface area contributed by atoms with E-state index in [0.717, 1.165) is 0 Å². The summed E-state index contributed by atoms with van der Waals surface area (Å²) in [6.45, 7) is 22.8. The van der Waals surface area contributed by atoms with Gasteiger partial charge in [0.15, 0.2) is 0 Å². The Kier molecular flexibility index (Phi) is 9.96. The van der Waals surface area contributed by atoms with Gasteiger partial charge in [-0.15, -0.1) is 39.5 Å². The second kappa shape index (κ2) is 10.8. The third kappa shape index (κ3) is 4.22. The molecule has 6 heteroatoms. The van der Waals surface area contributed by atoms with Crippen LogP contribution in [0.15, 0.2) is 75.9 Å². The van der Waals surface area contributed by atoms with Crippen molar-refractivity contribution in [3.63, 3.8) is 0 Å². The summed E-state index contributed by atoms with van der Waals surface area (Å²) in [5, 5.41) is 21.0. The second-order valence-corrected chi connectivity index (χ2v) is 16.4. The molecule has 148 valence electrons. The van der Waals surface area contributed by atoms with Crippen molar-refractivity contribution in [2.75, 3.05) is 0 Å². The lowest BCUT2D eigenvalue weighted by atomic mass is 10.4. The number of carboxylic acids is 2. The summed E-state index contributed by atoms with van der Waals surface area (Å²) in [6.07, 6.45) is 9.89. The van der Waals surface area contributed by atoms with Gasteiger partial charge in [-0.2, -0.15) is 0 Å². The highest BCUT2D eigenvalue weighted by atomic mass is 28.4. The monoisotopic (exact) mass is 404 g/mol. The summed E-state index contributed by atoms with van der Waals surface area (Å²) in [7, 11) is -6.17. The van der Waals surface area contributed by atoms with Crippen LogP contribution in [-0.4, -0.2) is 38.3 Å². The predicted molar refractivity (Wildman–Crippen MR) is 119 cm³/mol. The van der Waals surface area contributed by atoms with Crippen LogP contribution >= 0.6 is 0 Å². The van der Waals surface area contributed by atoms with E-state index >= 15 is 0 Å². The topological polar surface area (TPSA) is 74.6 Å². The van der Waals surface area contributed by atoms with Gasteiger partial charge in [0, 0.05) is 0 Å². The van der Waals surface area contributed by atoms with Crippen LogP contribution in [0.25, 0.3) is 0 Å². The van der Waals surface area contributed by atoms with Crippen molar-refractivity contribution in [3.05, 3.63) is 75.9 Å². The van der Waals surface area contributed by atoms with Gasteiger partial charge < -0.3 is 10.2 Å². The molecule has 0 heterocycles. The predicted octanol–water partition coefficient (Wildman–Crippen LogP) is 5.45. The summed E-state index contributed by atoms with van der Waals surface area (Å²) < 4.78 is -1.88. The molecule has 0 radical (unpaired) electrons. The van der Waals surface area contributed by atoms with Crippen molar-refractivity contribution in [1.29, 1.82) is 0 Å². The SMILES string of the molecule is C=CC[Si](CC=C)(CC=C)C(C(=O)O)(C(=O)O)[Si](CC=C)(CC=C)CC=C. The van der Waals surface area contributed by atoms with E-state index < -0.39 is 32.7 Å². The van der Waals surface area contributed by atoms with Crippen molar-refractivity contribution in [3.8, 4) is 0 Å². The molecule has 27 heavy (non-hydrogen) atoms. The zero-order valence-electron chi connectivity index (χ0n) is 16.2. The maximum Gasteiger partial charge on any atom is 0.315 e. The maximum absolute atomic E-state index is 12.9. The lowest BCUT2D eigenvalue weighted by Crippen LogP contribution is -2.69. The molecule has 0 aromatic carbocycles. The normalized spacial score (nSPS) is 11.9. The van der Waals surface area contributed by atoms with E-state index in [1.807, 2.05) is 0 Å². The molecule has 0 saturated carbocycles. The summed E-state index contributed by atoms with van der Waals surface area (Å²) in [5.41, 5.74) is 0. The first-order valence-corrected chi connectivity index (χ1v) is 14.1. The van der Waals surface area contributed by atoms with Gasteiger partial charge in [0.2, 0.25) is 0 Å². The molecule has 0 fully saturated rings. The highest BCUT2D eigenvalue weighted by molar-refractivity contribution is 7.09. The van der Waals surface area contributed by atoms with Gasteiger partial charge in [-0.25, -0.2) is 0 Å². The van der Waals surface area contributed by atoms with E-state index in [4.69, 9.17) is 0 Å². The third-order valence-corrected chi connectivity index (χ3v) is 19.1. The van der Waals surface area contributed by atoms with E-state index in [1.54, 1.807) is 36.5 Å². The molecule has 0 aliphatic carbocycles. The van der Waals surface area contributed by atoms with Crippen LogP contribution in [0.1, 0.15) is 0 Å². The number of hydrogen-bond donors (Lipinski definition) is 2. The van der Waals surface area contributed by atoms with Gasteiger partial charge in [0.1, 0.15) is 4.66 Å². The zero-order valence-corrected chi connectivity index (χ0v) is 18.2. The average Bonchev–Trinajstić information content (AvgIpc) is 2.56. The van der Waals surface area contributed by atoms with Gasteiger partial charge in [-0.3, -0.25) is 9.59 Å². The third-order valence-electron chi connectivity index (χ3n) is 5.44. The number of carboxylic acid groups (broad SMARTS) is 2. The average molecular weight is 405 g/mol. The van der Waals surface area contributed by atoms with Crippen molar-refractivity contribution in [2.45, 2.75) is 40.9 Å². The molecule has 0 aliphatic rings. The molecule has 0 aromatic rings. The number of carbonyl (C=O) groups is 2. The Labute approximate surface area is 165 Å². The van der Waals surface area contributed by atoms with Crippen LogP contribution < -0.4 is 0 Å². The van der Waals surface area contributed by atoms with E-state index in [2.05, 4.69) is 39.5 Å². The van der Waals surface area contributed by atoms with E-state index in [9.17, 15) is 19.8 Å². The molecule has 4 nitrogen and oxygen atoms in total. The Balaban J connectivity index is 7.49. The lowest BCUT2D eigenvalue weighted by Gasteiger charge is -2.52. The van der Waals surface area contributed by atoms with Crippen LogP contribution in [0.5, 0.6) is 0 Å². The second-order valence-electron chi connectivity index (χ2n) is 6.88. The Morgan fingerprint density at radius 2 is 0.778 bits per heavy atom. The molecular weight excluding hydrogens is 372 g/mol. The number of rotatable bonds is 16. The number of aliphatic carboxylic acids is 2. The fraction of sp³-hybridized carbons (Fsp3) is 0.333. The Bertz CT molecular complexity index is 515. The number of allylic oxidation sites excluding steroid dienone is 6. The number of hydrogen-bond acceptors (Lipinski definition) is 2. The first kappa shape index (κ1) is 24.8. The Morgan fingerprint density at radius 3 is 0.889 bits per heavy atom. The minimum atomic E-state index is -3.08. The van der Waals surface area contributed by atoms with Crippen LogP contribution in [0.4, 0.5) is 0 Å². The van der Waals surface area contributed by atoms with Gasteiger partial charge in [0.05, 0.1) is 16.1 Å². The van der Waals surface area contributed by atoms with Gasteiger partial charge in [-0.05, 0) is 36.3 Å². The largest absolute Gasteiger partial charge is 0.481 e. The first-order chi connectivity index (χ1) is 12.8. The molecular formula is C21H32O4Si2. The Hall–Kier alpha value is -2.19. The highest BCUT2D eigenvalue weighted by Crippen LogP contribution is 2.57. The molecule has 0 unspecified atom stereocenters. The molecule has 0 rings (SSSR count). The highest BCUT2D eigenvalue weighted by Gasteiger charge is 2.71. The van der Waals surface area contributed by atoms with Gasteiger partial charge >= 0.3 is 11.9 Å². The summed E-state index contributed by atoms with van der Waals surface area (Å²) in [5.74, 6) is -2.55. The fourth-order valence-electron chi connectivity index (χ4n) is 4.64. The van der Waals surface area contributed by atoms with E-state index in [1.165, 1.54) is 0 Å². The molecule has 0 aliphatic heterocycles. The smallest absolute Gasteiger partial charge is 0.315 e. The quantitative estimate of drug-likeness (QED) is 0.204. The molecule has 0 atom stereocenters. The van der Waals surface area contributed by atoms with Crippen LogP contribution in [-0.2, 0) is 9.59 Å². The van der Waals surface area contributed by atoms with Crippen molar-refractivity contribution in [1.82, 2.24) is 0 Å². The standard InChI is InChI=1S/C21H32O4Si2/c1-7-13-26(14-8-2,15-9-3)21(19(22)23,20(24)25)27(16-10-4,17-11-5)18-12-6/h7-12H,1-6,13-18H2,(H,22,23)(H,24,25). The maximum atomic E-state index is 12.9. The van der Waals surface area contributed by atoms with Crippen LogP contribution in [0.3, 0.4) is 0 Å². The summed E-state index contributed by atoms with van der Waals surface area (Å²) in [4.78, 5) is 25.8. The van der Waals surface area contributed by atoms with Crippen LogP contribution in [0, 0.1) is 0 Å². The van der Waals surface area contributed by atoms with Crippen molar-refractivity contribution < 1.29 is 19.8 Å². The molecule has 0 saturated heterocycles. The molecule has 0 aromatic heterocycles. The van der Waals surface area contributed by atoms with Crippen molar-refractivity contribution >= 4 is 28.1 Å². The Morgan fingerprint density at radius 1 is 0.593 bits per heavy atom. The first-order valence-electron chi connectivity index (χ1n) is 8.88. The van der Waals surface area contributed by atoms with Gasteiger partial charge in [0.25, 0.3) is 0 Å². The minimum absolute atomic E-state index is 0.351. The molecule has 0 spiro atoms. The summed E-state index contributed by atoms with van der Waals surface area (Å²) >= 11 is 0. The molecule has 2 N–H and O–H groups in total. The van der Waals surface area contributed by atoms with E-state index in [-0.39, 0.29) is 0 Å². The molecule has 0 bridgehead atoms. The molecule has 0 amide bonds. The summed E-state index contributed by atoms with van der Waals surface area (Å²) in [6, 6.07) is 2.11. The minimum Gasteiger partial charge on any atom is -0.481 e.